The van der Waals surface area contributed by atoms with E-state index in [1.807, 2.05) is 0 Å². The second-order valence-electron chi connectivity index (χ2n) is 11.7. The first-order valence-corrected chi connectivity index (χ1v) is 13.0. The molecule has 2 aliphatic carbocycles. The highest BCUT2D eigenvalue weighted by molar-refractivity contribution is 5.72. The average Bonchev–Trinajstić information content (AvgIpc) is 3.29. The Morgan fingerprint density at radius 2 is 1.88 bits per heavy atom. The third kappa shape index (κ3) is 7.40. The largest absolute Gasteiger partial charge is 0.454 e. The molecule has 0 N–H and O–H groups in total. The van der Waals surface area contributed by atoms with Crippen LogP contribution in [0.15, 0.2) is 18.7 Å². The third-order valence-corrected chi connectivity index (χ3v) is 7.42. The fourth-order valence-electron chi connectivity index (χ4n) is 5.50. The van der Waals surface area contributed by atoms with Gasteiger partial charge in [0, 0.05) is 5.41 Å². The normalized spacial score (nSPS) is 26.4. The van der Waals surface area contributed by atoms with Gasteiger partial charge in [0.25, 0.3) is 0 Å². The lowest BCUT2D eigenvalue weighted by Crippen LogP contribution is -2.38. The van der Waals surface area contributed by atoms with Crippen LogP contribution in [0.1, 0.15) is 92.9 Å². The van der Waals surface area contributed by atoms with Crippen molar-refractivity contribution in [2.24, 2.45) is 29.1 Å². The van der Waals surface area contributed by atoms with Gasteiger partial charge in [-0.2, -0.15) is 5.10 Å². The Balaban J connectivity index is 1.73. The van der Waals surface area contributed by atoms with E-state index in [2.05, 4.69) is 57.7 Å². The molecular weight excluding hydrogens is 414 g/mol. The van der Waals surface area contributed by atoms with Gasteiger partial charge in [-0.15, -0.1) is 0 Å². The number of ether oxygens (including phenoxy) is 2. The van der Waals surface area contributed by atoms with Crippen molar-refractivity contribution in [1.82, 2.24) is 14.8 Å². The summed E-state index contributed by atoms with van der Waals surface area (Å²) in [7, 11) is 0. The van der Waals surface area contributed by atoms with Crippen molar-refractivity contribution in [2.45, 2.75) is 105 Å². The minimum absolute atomic E-state index is 0.00124. The minimum Gasteiger partial charge on any atom is -0.454 e. The summed E-state index contributed by atoms with van der Waals surface area (Å²) in [6.07, 6.45) is 14.8. The van der Waals surface area contributed by atoms with E-state index >= 15 is 0 Å². The first-order valence-electron chi connectivity index (χ1n) is 13.0. The van der Waals surface area contributed by atoms with Gasteiger partial charge in [-0.3, -0.25) is 0 Å². The number of rotatable bonds is 8. The Bertz CT molecular complexity index is 760. The van der Waals surface area contributed by atoms with E-state index in [-0.39, 0.29) is 24.1 Å². The molecule has 186 valence electrons. The number of allylic oxidation sites excluding steroid dienone is 1. The molecule has 2 fully saturated rings. The Morgan fingerprint density at radius 3 is 2.48 bits per heavy atom. The van der Waals surface area contributed by atoms with Crippen molar-refractivity contribution in [1.29, 1.82) is 0 Å². The molecule has 33 heavy (non-hydrogen) atoms. The summed E-state index contributed by atoms with van der Waals surface area (Å²) in [6, 6.07) is 0. The summed E-state index contributed by atoms with van der Waals surface area (Å²) in [5.74, 6) is 1.88. The summed E-state index contributed by atoms with van der Waals surface area (Å²) < 4.78 is 14.1. The molecule has 0 spiro atoms. The van der Waals surface area contributed by atoms with Gasteiger partial charge in [-0.25, -0.2) is 14.5 Å². The lowest BCUT2D eigenvalue weighted by atomic mass is 9.75. The Kier molecular flexibility index (Phi) is 9.14. The quantitative estimate of drug-likeness (QED) is 0.437. The van der Waals surface area contributed by atoms with E-state index in [1.165, 1.54) is 51.3 Å². The highest BCUT2D eigenvalue weighted by Crippen LogP contribution is 2.36. The minimum atomic E-state index is -0.427. The van der Waals surface area contributed by atoms with Crippen molar-refractivity contribution >= 4 is 11.7 Å². The zero-order valence-electron chi connectivity index (χ0n) is 21.6. The van der Waals surface area contributed by atoms with Crippen LogP contribution in [0, 0.1) is 29.1 Å². The molecule has 1 aromatic heterocycles. The molecule has 0 aromatic carbocycles. The molecule has 6 nitrogen and oxygen atoms in total. The van der Waals surface area contributed by atoms with E-state index < -0.39 is 6.10 Å². The van der Waals surface area contributed by atoms with Crippen LogP contribution in [-0.2, 0) is 14.3 Å². The van der Waals surface area contributed by atoms with Crippen LogP contribution in [0.3, 0.4) is 0 Å². The van der Waals surface area contributed by atoms with Gasteiger partial charge in [-0.1, -0.05) is 73.3 Å². The van der Waals surface area contributed by atoms with E-state index in [1.54, 1.807) is 11.0 Å². The molecular formula is C27H45N3O3. The summed E-state index contributed by atoms with van der Waals surface area (Å²) in [5, 5.41) is 4.40. The molecule has 1 heterocycles. The van der Waals surface area contributed by atoms with Crippen LogP contribution in [0.5, 0.6) is 0 Å². The standard InChI is InChI=1S/C27H45N3O3/c1-19(2)22-13-12-20(3)14-24(22)32-16-25(31)33-26(27(4,5)6)23(30-18-28-17-29-30)15-21-10-8-7-9-11-21/h15,17-22,24,26H,7-14,16H2,1-6H3. The van der Waals surface area contributed by atoms with Crippen molar-refractivity contribution < 1.29 is 14.3 Å². The average molecular weight is 460 g/mol. The van der Waals surface area contributed by atoms with E-state index in [9.17, 15) is 4.79 Å². The Labute approximate surface area is 200 Å². The Morgan fingerprint density at radius 1 is 1.15 bits per heavy atom. The number of nitrogens with zero attached hydrogens (tertiary/aromatic N) is 3. The van der Waals surface area contributed by atoms with Crippen molar-refractivity contribution in [3.8, 4) is 0 Å². The molecule has 3 rings (SSSR count). The monoisotopic (exact) mass is 459 g/mol. The molecule has 2 saturated carbocycles. The predicted octanol–water partition coefficient (Wildman–Crippen LogP) is 6.13. The molecule has 0 bridgehead atoms. The van der Waals surface area contributed by atoms with Crippen LogP contribution in [0.4, 0.5) is 0 Å². The number of carbonyl (C=O) groups excluding carboxylic acids is 1. The van der Waals surface area contributed by atoms with Crippen LogP contribution >= 0.6 is 0 Å². The van der Waals surface area contributed by atoms with Gasteiger partial charge in [0.15, 0.2) is 0 Å². The van der Waals surface area contributed by atoms with Gasteiger partial charge in [0.2, 0.25) is 0 Å². The van der Waals surface area contributed by atoms with E-state index in [4.69, 9.17) is 9.47 Å². The summed E-state index contributed by atoms with van der Waals surface area (Å²) in [5.41, 5.74) is 0.619. The molecule has 2 aliphatic rings. The van der Waals surface area contributed by atoms with Gasteiger partial charge in [0.1, 0.15) is 25.4 Å². The zero-order valence-corrected chi connectivity index (χ0v) is 21.6. The van der Waals surface area contributed by atoms with Gasteiger partial charge in [-0.05, 0) is 49.4 Å². The maximum Gasteiger partial charge on any atom is 0.332 e. The molecule has 0 aliphatic heterocycles. The van der Waals surface area contributed by atoms with Gasteiger partial charge < -0.3 is 9.47 Å². The SMILES string of the molecule is CC1CCC(C(C)C)C(OCC(=O)OC(C(=CC2CCCCC2)n2cncn2)C(C)(C)C)C1. The predicted molar refractivity (Wildman–Crippen MR) is 131 cm³/mol. The van der Waals surface area contributed by atoms with Crippen LogP contribution < -0.4 is 0 Å². The third-order valence-electron chi connectivity index (χ3n) is 7.42. The highest BCUT2D eigenvalue weighted by Gasteiger charge is 2.36. The number of hydrogen-bond donors (Lipinski definition) is 0. The zero-order chi connectivity index (χ0) is 24.0. The maximum absolute atomic E-state index is 13.0. The topological polar surface area (TPSA) is 66.2 Å². The molecule has 0 saturated heterocycles. The smallest absolute Gasteiger partial charge is 0.332 e. The summed E-state index contributed by atoms with van der Waals surface area (Å²) in [4.78, 5) is 17.2. The number of carbonyl (C=O) groups is 1. The van der Waals surface area contributed by atoms with Crippen molar-refractivity contribution in [2.75, 3.05) is 6.61 Å². The fourth-order valence-corrected chi connectivity index (χ4v) is 5.50. The van der Waals surface area contributed by atoms with E-state index in [0.717, 1.165) is 12.1 Å². The molecule has 4 atom stereocenters. The second kappa shape index (κ2) is 11.6. The van der Waals surface area contributed by atoms with Crippen LogP contribution in [0.25, 0.3) is 5.70 Å². The molecule has 6 heteroatoms. The van der Waals surface area contributed by atoms with Crippen LogP contribution in [0.2, 0.25) is 0 Å². The van der Waals surface area contributed by atoms with Gasteiger partial charge in [0.05, 0.1) is 11.8 Å². The summed E-state index contributed by atoms with van der Waals surface area (Å²) >= 11 is 0. The Hall–Kier alpha value is -1.69. The lowest BCUT2D eigenvalue weighted by molar-refractivity contribution is -0.161. The van der Waals surface area contributed by atoms with Crippen LogP contribution in [-0.4, -0.2) is 39.5 Å². The van der Waals surface area contributed by atoms with Gasteiger partial charge >= 0.3 is 5.97 Å². The number of aromatic nitrogens is 3. The van der Waals surface area contributed by atoms with Crippen molar-refractivity contribution in [3.05, 3.63) is 18.7 Å². The first-order chi connectivity index (χ1) is 15.6. The van der Waals surface area contributed by atoms with E-state index in [0.29, 0.717) is 23.7 Å². The lowest BCUT2D eigenvalue weighted by Gasteiger charge is -2.37. The first kappa shape index (κ1) is 25.9. The fraction of sp³-hybridized carbons (Fsp3) is 0.815. The summed E-state index contributed by atoms with van der Waals surface area (Å²) in [6.45, 7) is 13.1. The maximum atomic E-state index is 13.0. The molecule has 0 radical (unpaired) electrons. The molecule has 1 aromatic rings. The van der Waals surface area contributed by atoms with Crippen molar-refractivity contribution in [3.63, 3.8) is 0 Å². The number of esters is 1. The highest BCUT2D eigenvalue weighted by atomic mass is 16.6. The molecule has 4 unspecified atom stereocenters. The molecule has 0 amide bonds. The number of hydrogen-bond acceptors (Lipinski definition) is 5. The second-order valence-corrected chi connectivity index (χ2v) is 11.7.